The van der Waals surface area contributed by atoms with Gasteiger partial charge in [-0.2, -0.15) is 0 Å². The van der Waals surface area contributed by atoms with Gasteiger partial charge in [0.1, 0.15) is 5.69 Å². The summed E-state index contributed by atoms with van der Waals surface area (Å²) in [5.41, 5.74) is 3.36. The van der Waals surface area contributed by atoms with Crippen LogP contribution >= 0.6 is 0 Å². The van der Waals surface area contributed by atoms with Gasteiger partial charge in [-0.3, -0.25) is 9.78 Å². The molecule has 0 spiro atoms. The molecule has 3 aromatic rings. The number of carbonyl (C=O) groups excluding carboxylic acids is 1. The molecule has 0 aliphatic carbocycles. The summed E-state index contributed by atoms with van der Waals surface area (Å²) in [6, 6.07) is 13.7. The van der Waals surface area contributed by atoms with Gasteiger partial charge in [0.05, 0.1) is 5.69 Å². The monoisotopic (exact) mass is 264 g/mol. The lowest BCUT2D eigenvalue weighted by atomic mass is 10.1. The topological polar surface area (TPSA) is 34.9 Å². The molecule has 0 atom stereocenters. The van der Waals surface area contributed by atoms with Crippen molar-refractivity contribution in [1.29, 1.82) is 0 Å². The van der Waals surface area contributed by atoms with Crippen molar-refractivity contribution in [2.24, 2.45) is 7.05 Å². The highest BCUT2D eigenvalue weighted by molar-refractivity contribution is 6.09. The average Bonchev–Trinajstić information content (AvgIpc) is 2.84. The van der Waals surface area contributed by atoms with E-state index in [-0.39, 0.29) is 5.78 Å². The van der Waals surface area contributed by atoms with E-state index < -0.39 is 0 Å². The maximum Gasteiger partial charge on any atom is 0.227 e. The van der Waals surface area contributed by atoms with Crippen LogP contribution in [0.25, 0.3) is 10.9 Å². The maximum atomic E-state index is 12.6. The predicted molar refractivity (Wildman–Crippen MR) is 80.0 cm³/mol. The first kappa shape index (κ1) is 12.6. The molecular formula is C17H16N2O. The normalized spacial score (nSPS) is 10.9. The molecule has 0 aliphatic heterocycles. The minimum Gasteiger partial charge on any atom is -0.341 e. The first-order valence-corrected chi connectivity index (χ1v) is 6.75. The highest BCUT2D eigenvalue weighted by atomic mass is 16.1. The fraction of sp³-hybridized carbons (Fsp3) is 0.176. The Balaban J connectivity index is 2.05. The molecule has 0 fully saturated rings. The lowest BCUT2D eigenvalue weighted by molar-refractivity contribution is 0.102. The molecule has 0 saturated carbocycles. The zero-order valence-electron chi connectivity index (χ0n) is 11.6. The molecule has 20 heavy (non-hydrogen) atoms. The van der Waals surface area contributed by atoms with E-state index >= 15 is 0 Å². The van der Waals surface area contributed by atoms with Crippen molar-refractivity contribution in [2.75, 3.05) is 0 Å². The highest BCUT2D eigenvalue weighted by Gasteiger charge is 2.16. The van der Waals surface area contributed by atoms with Crippen LogP contribution in [0.3, 0.4) is 0 Å². The van der Waals surface area contributed by atoms with E-state index in [1.807, 2.05) is 48.0 Å². The number of nitrogens with zero attached hydrogens (tertiary/aromatic N) is 2. The summed E-state index contributed by atoms with van der Waals surface area (Å²) in [5, 5.41) is 1.07. The largest absolute Gasteiger partial charge is 0.341 e. The number of para-hydroxylation sites is 1. The minimum atomic E-state index is -0.0358. The van der Waals surface area contributed by atoms with E-state index in [1.54, 1.807) is 12.3 Å². The first-order valence-electron chi connectivity index (χ1n) is 6.75. The molecule has 2 aromatic heterocycles. The molecule has 0 unspecified atom stereocenters. The number of hydrogen-bond donors (Lipinski definition) is 0. The van der Waals surface area contributed by atoms with Crippen molar-refractivity contribution in [1.82, 2.24) is 9.55 Å². The van der Waals surface area contributed by atoms with Crippen LogP contribution in [-0.4, -0.2) is 15.3 Å². The summed E-state index contributed by atoms with van der Waals surface area (Å²) in [5.74, 6) is -0.0358. The van der Waals surface area contributed by atoms with Crippen LogP contribution < -0.4 is 0 Å². The van der Waals surface area contributed by atoms with Crippen molar-refractivity contribution in [3.05, 3.63) is 65.6 Å². The number of aryl methyl sites for hydroxylation is 2. The second-order valence-electron chi connectivity index (χ2n) is 4.88. The van der Waals surface area contributed by atoms with Crippen molar-refractivity contribution < 1.29 is 4.79 Å². The van der Waals surface area contributed by atoms with Crippen molar-refractivity contribution in [3.8, 4) is 0 Å². The lowest BCUT2D eigenvalue weighted by Gasteiger charge is -2.04. The Hall–Kier alpha value is -2.42. The number of ketones is 1. The molecule has 1 aromatic carbocycles. The summed E-state index contributed by atoms with van der Waals surface area (Å²) in [7, 11) is 1.91. The molecule has 3 rings (SSSR count). The predicted octanol–water partition coefficient (Wildman–Crippen LogP) is 3.37. The Morgan fingerprint density at radius 1 is 1.20 bits per heavy atom. The summed E-state index contributed by atoms with van der Waals surface area (Å²) >= 11 is 0. The van der Waals surface area contributed by atoms with Gasteiger partial charge in [-0.1, -0.05) is 31.2 Å². The Bertz CT molecular complexity index is 769. The number of benzene rings is 1. The van der Waals surface area contributed by atoms with Crippen LogP contribution in [0.4, 0.5) is 0 Å². The third-order valence-corrected chi connectivity index (χ3v) is 3.65. The van der Waals surface area contributed by atoms with E-state index in [0.717, 1.165) is 22.9 Å². The van der Waals surface area contributed by atoms with E-state index in [2.05, 4.69) is 11.9 Å². The average molecular weight is 264 g/mol. The molecule has 3 heteroatoms. The SMILES string of the molecule is CCc1ccc(C(=O)c2cc3ccccc3n2C)nc1. The summed E-state index contributed by atoms with van der Waals surface area (Å²) in [6.45, 7) is 2.07. The fourth-order valence-corrected chi connectivity index (χ4v) is 2.41. The second-order valence-corrected chi connectivity index (χ2v) is 4.88. The first-order chi connectivity index (χ1) is 9.70. The third-order valence-electron chi connectivity index (χ3n) is 3.65. The van der Waals surface area contributed by atoms with Gasteiger partial charge < -0.3 is 4.57 Å². The van der Waals surface area contributed by atoms with Crippen LogP contribution in [0.5, 0.6) is 0 Å². The van der Waals surface area contributed by atoms with Crippen LogP contribution in [0.1, 0.15) is 28.7 Å². The number of aromatic nitrogens is 2. The lowest BCUT2D eigenvalue weighted by Crippen LogP contribution is -2.09. The minimum absolute atomic E-state index is 0.0358. The van der Waals surface area contributed by atoms with Gasteiger partial charge in [-0.15, -0.1) is 0 Å². The van der Waals surface area contributed by atoms with Crippen LogP contribution in [-0.2, 0) is 13.5 Å². The number of pyridine rings is 1. The van der Waals surface area contributed by atoms with Gasteiger partial charge in [0, 0.05) is 24.1 Å². The smallest absolute Gasteiger partial charge is 0.227 e. The molecule has 0 amide bonds. The molecular weight excluding hydrogens is 248 g/mol. The summed E-state index contributed by atoms with van der Waals surface area (Å²) < 4.78 is 1.92. The maximum absolute atomic E-state index is 12.6. The van der Waals surface area contributed by atoms with E-state index in [9.17, 15) is 4.79 Å². The number of carbonyl (C=O) groups is 1. The number of fused-ring (bicyclic) bond motifs is 1. The molecule has 0 saturated heterocycles. The third kappa shape index (κ3) is 2.01. The van der Waals surface area contributed by atoms with E-state index in [4.69, 9.17) is 0 Å². The van der Waals surface area contributed by atoms with Gasteiger partial charge >= 0.3 is 0 Å². The Kier molecular flexibility index (Phi) is 3.11. The van der Waals surface area contributed by atoms with Crippen molar-refractivity contribution in [2.45, 2.75) is 13.3 Å². The van der Waals surface area contributed by atoms with Gasteiger partial charge in [-0.05, 0) is 30.2 Å². The van der Waals surface area contributed by atoms with E-state index in [1.165, 1.54) is 0 Å². The molecule has 0 radical (unpaired) electrons. The van der Waals surface area contributed by atoms with Crippen molar-refractivity contribution in [3.63, 3.8) is 0 Å². The summed E-state index contributed by atoms with van der Waals surface area (Å²) in [6.07, 6.45) is 2.70. The molecule has 0 bridgehead atoms. The second kappa shape index (κ2) is 4.93. The zero-order chi connectivity index (χ0) is 14.1. The number of rotatable bonds is 3. The number of hydrogen-bond acceptors (Lipinski definition) is 2. The van der Waals surface area contributed by atoms with E-state index in [0.29, 0.717) is 11.4 Å². The van der Waals surface area contributed by atoms with Gasteiger partial charge in [-0.25, -0.2) is 0 Å². The Morgan fingerprint density at radius 3 is 2.65 bits per heavy atom. The highest BCUT2D eigenvalue weighted by Crippen LogP contribution is 2.20. The van der Waals surface area contributed by atoms with Crippen LogP contribution in [0.2, 0.25) is 0 Å². The Labute approximate surface area is 117 Å². The van der Waals surface area contributed by atoms with Crippen molar-refractivity contribution >= 4 is 16.7 Å². The standard InChI is InChI=1S/C17H16N2O/c1-3-12-8-9-14(18-11-12)17(20)16-10-13-6-4-5-7-15(13)19(16)2/h4-11H,3H2,1-2H3. The molecule has 0 N–H and O–H groups in total. The fourth-order valence-electron chi connectivity index (χ4n) is 2.41. The molecule has 100 valence electrons. The molecule has 3 nitrogen and oxygen atoms in total. The quantitative estimate of drug-likeness (QED) is 0.680. The molecule has 0 aliphatic rings. The van der Waals surface area contributed by atoms with Gasteiger partial charge in [0.2, 0.25) is 5.78 Å². The van der Waals surface area contributed by atoms with Crippen LogP contribution in [0, 0.1) is 0 Å². The Morgan fingerprint density at radius 2 is 2.00 bits per heavy atom. The summed E-state index contributed by atoms with van der Waals surface area (Å²) in [4.78, 5) is 16.8. The van der Waals surface area contributed by atoms with Gasteiger partial charge in [0.25, 0.3) is 0 Å². The zero-order valence-corrected chi connectivity index (χ0v) is 11.6. The molecule has 2 heterocycles. The van der Waals surface area contributed by atoms with Gasteiger partial charge in [0.15, 0.2) is 0 Å². The van der Waals surface area contributed by atoms with Crippen LogP contribution in [0.15, 0.2) is 48.7 Å².